The summed E-state index contributed by atoms with van der Waals surface area (Å²) in [6.07, 6.45) is 1.52. The minimum atomic E-state index is -0.280. The number of halogens is 1. The van der Waals surface area contributed by atoms with E-state index in [2.05, 4.69) is 4.98 Å². The van der Waals surface area contributed by atoms with Crippen molar-refractivity contribution in [3.8, 4) is 0 Å². The molecule has 66 valence electrons. The fourth-order valence-electron chi connectivity index (χ4n) is 1.39. The minimum absolute atomic E-state index is 0.180. The fraction of sp³-hybridized carbons (Fsp3) is 0.100. The van der Waals surface area contributed by atoms with Gasteiger partial charge in [-0.05, 0) is 36.1 Å². The molecule has 2 rings (SSSR count). The van der Waals surface area contributed by atoms with Gasteiger partial charge in [0.15, 0.2) is 0 Å². The predicted octanol–water partition coefficient (Wildman–Crippen LogP) is 1.98. The molecular weight excluding hydrogens is 169 g/mol. The molecule has 2 aromatic rings. The average Bonchev–Trinajstić information content (AvgIpc) is 2.12. The molecular formula is C10H8FNO. The summed E-state index contributed by atoms with van der Waals surface area (Å²) in [5.74, 6) is -0.280. The monoisotopic (exact) mass is 177 g/mol. The molecule has 0 aliphatic heterocycles. The van der Waals surface area contributed by atoms with E-state index < -0.39 is 0 Å². The number of nitrogens with one attached hydrogen (secondary N) is 1. The molecule has 13 heavy (non-hydrogen) atoms. The number of fused-ring (bicyclic) bond motifs is 1. The first-order valence-electron chi connectivity index (χ1n) is 3.96. The van der Waals surface area contributed by atoms with Crippen LogP contribution in [-0.4, -0.2) is 4.98 Å². The zero-order valence-corrected chi connectivity index (χ0v) is 7.10. The van der Waals surface area contributed by atoms with Crippen molar-refractivity contribution in [3.63, 3.8) is 0 Å². The molecule has 0 saturated heterocycles. The Hall–Kier alpha value is -1.64. The van der Waals surface area contributed by atoms with Gasteiger partial charge in [0, 0.05) is 11.6 Å². The maximum absolute atomic E-state index is 13.1. The van der Waals surface area contributed by atoms with Crippen LogP contribution >= 0.6 is 0 Å². The third-order valence-corrected chi connectivity index (χ3v) is 2.16. The first kappa shape index (κ1) is 7.98. The number of benzene rings is 1. The molecule has 1 N–H and O–H groups in total. The number of H-pyrrole nitrogens is 1. The maximum Gasteiger partial charge on any atom is 0.255 e. The molecule has 0 aliphatic carbocycles. The highest BCUT2D eigenvalue weighted by Crippen LogP contribution is 2.16. The molecule has 0 saturated carbocycles. The summed E-state index contributed by atoms with van der Waals surface area (Å²) in [4.78, 5) is 13.8. The van der Waals surface area contributed by atoms with E-state index in [4.69, 9.17) is 0 Å². The minimum Gasteiger partial charge on any atom is -0.329 e. The Morgan fingerprint density at radius 3 is 2.77 bits per heavy atom. The third-order valence-electron chi connectivity index (χ3n) is 2.16. The summed E-state index contributed by atoms with van der Waals surface area (Å²) >= 11 is 0. The first-order valence-corrected chi connectivity index (χ1v) is 3.96. The Morgan fingerprint density at radius 1 is 1.23 bits per heavy atom. The summed E-state index contributed by atoms with van der Waals surface area (Å²) in [6, 6.07) is 4.51. The van der Waals surface area contributed by atoms with Crippen LogP contribution in [0.25, 0.3) is 10.8 Å². The van der Waals surface area contributed by atoms with Gasteiger partial charge in [0.05, 0.1) is 0 Å². The van der Waals surface area contributed by atoms with Gasteiger partial charge in [0.25, 0.3) is 5.56 Å². The molecule has 0 amide bonds. The molecule has 0 unspecified atom stereocenters. The van der Waals surface area contributed by atoms with E-state index >= 15 is 0 Å². The van der Waals surface area contributed by atoms with Crippen molar-refractivity contribution in [1.82, 2.24) is 4.98 Å². The van der Waals surface area contributed by atoms with Gasteiger partial charge in [0.1, 0.15) is 5.82 Å². The maximum atomic E-state index is 13.1. The third kappa shape index (κ3) is 1.13. The van der Waals surface area contributed by atoms with Crippen LogP contribution in [0.1, 0.15) is 5.56 Å². The molecule has 0 fully saturated rings. The second-order valence-electron chi connectivity index (χ2n) is 2.94. The Labute approximate surface area is 74.0 Å². The lowest BCUT2D eigenvalue weighted by molar-refractivity contribution is 0.621. The van der Waals surface area contributed by atoms with E-state index in [1.807, 2.05) is 0 Å². The number of hydrogen-bond donors (Lipinski definition) is 1. The highest BCUT2D eigenvalue weighted by atomic mass is 19.1. The van der Waals surface area contributed by atoms with Crippen molar-refractivity contribution in [1.29, 1.82) is 0 Å². The van der Waals surface area contributed by atoms with Gasteiger partial charge in [-0.3, -0.25) is 4.79 Å². The summed E-state index contributed by atoms with van der Waals surface area (Å²) in [5.41, 5.74) is 0.337. The summed E-state index contributed by atoms with van der Waals surface area (Å²) in [6.45, 7) is 1.66. The smallest absolute Gasteiger partial charge is 0.255 e. The number of aryl methyl sites for hydroxylation is 1. The molecule has 1 heterocycles. The van der Waals surface area contributed by atoms with E-state index in [1.54, 1.807) is 13.0 Å². The quantitative estimate of drug-likeness (QED) is 0.655. The Balaban J connectivity index is 3.03. The number of rotatable bonds is 0. The highest BCUT2D eigenvalue weighted by molar-refractivity contribution is 5.84. The number of hydrogen-bond acceptors (Lipinski definition) is 1. The van der Waals surface area contributed by atoms with Crippen LogP contribution in [0.4, 0.5) is 4.39 Å². The van der Waals surface area contributed by atoms with Crippen molar-refractivity contribution in [3.05, 3.63) is 46.1 Å². The van der Waals surface area contributed by atoms with Gasteiger partial charge in [-0.15, -0.1) is 0 Å². The zero-order valence-electron chi connectivity index (χ0n) is 7.10. The van der Waals surface area contributed by atoms with Gasteiger partial charge < -0.3 is 4.98 Å². The van der Waals surface area contributed by atoms with Crippen LogP contribution < -0.4 is 5.56 Å². The molecule has 2 nitrogen and oxygen atoms in total. The van der Waals surface area contributed by atoms with Crippen molar-refractivity contribution >= 4 is 10.8 Å². The second-order valence-corrected chi connectivity index (χ2v) is 2.94. The molecule has 0 bridgehead atoms. The van der Waals surface area contributed by atoms with Gasteiger partial charge in [-0.2, -0.15) is 0 Å². The number of pyridine rings is 1. The molecule has 1 aromatic heterocycles. The standard InChI is InChI=1S/C10H8FNO/c1-6-7-4-5-12-10(13)8(7)2-3-9(6)11/h2-5H,1H3,(H,12,13). The largest absolute Gasteiger partial charge is 0.329 e. The number of aromatic amines is 1. The molecule has 1 aromatic carbocycles. The van der Waals surface area contributed by atoms with Crippen LogP contribution in [0.15, 0.2) is 29.2 Å². The van der Waals surface area contributed by atoms with Gasteiger partial charge in [0.2, 0.25) is 0 Å². The topological polar surface area (TPSA) is 32.9 Å². The highest BCUT2D eigenvalue weighted by Gasteiger charge is 2.04. The van der Waals surface area contributed by atoms with Crippen molar-refractivity contribution in [2.75, 3.05) is 0 Å². The lowest BCUT2D eigenvalue weighted by Gasteiger charge is -2.00. The van der Waals surface area contributed by atoms with E-state index in [9.17, 15) is 9.18 Å². The lowest BCUT2D eigenvalue weighted by atomic mass is 10.1. The van der Waals surface area contributed by atoms with Crippen LogP contribution in [-0.2, 0) is 0 Å². The fourth-order valence-corrected chi connectivity index (χ4v) is 1.39. The summed E-state index contributed by atoms with van der Waals surface area (Å²) in [5, 5.41) is 1.20. The normalized spacial score (nSPS) is 10.6. The van der Waals surface area contributed by atoms with E-state index in [0.29, 0.717) is 16.3 Å². The van der Waals surface area contributed by atoms with Crippen LogP contribution in [0, 0.1) is 12.7 Å². The van der Waals surface area contributed by atoms with Gasteiger partial charge in [-0.25, -0.2) is 4.39 Å². The van der Waals surface area contributed by atoms with Crippen molar-refractivity contribution in [2.45, 2.75) is 6.92 Å². The molecule has 0 spiro atoms. The number of aromatic nitrogens is 1. The average molecular weight is 177 g/mol. The van der Waals surface area contributed by atoms with Crippen LogP contribution in [0.5, 0.6) is 0 Å². The van der Waals surface area contributed by atoms with Gasteiger partial charge in [-0.1, -0.05) is 0 Å². The zero-order chi connectivity index (χ0) is 9.42. The molecule has 0 aliphatic rings. The summed E-state index contributed by atoms with van der Waals surface area (Å²) in [7, 11) is 0. The Bertz CT molecular complexity index is 516. The van der Waals surface area contributed by atoms with Crippen molar-refractivity contribution < 1.29 is 4.39 Å². The van der Waals surface area contributed by atoms with Gasteiger partial charge >= 0.3 is 0 Å². The summed E-state index contributed by atoms with van der Waals surface area (Å²) < 4.78 is 13.1. The van der Waals surface area contributed by atoms with Crippen LogP contribution in [0.2, 0.25) is 0 Å². The van der Waals surface area contributed by atoms with Crippen molar-refractivity contribution in [2.24, 2.45) is 0 Å². The van der Waals surface area contributed by atoms with E-state index in [1.165, 1.54) is 18.3 Å². The van der Waals surface area contributed by atoms with Crippen LogP contribution in [0.3, 0.4) is 0 Å². The second kappa shape index (κ2) is 2.69. The van der Waals surface area contributed by atoms with E-state index in [-0.39, 0.29) is 11.4 Å². The van der Waals surface area contributed by atoms with E-state index in [0.717, 1.165) is 0 Å². The SMILES string of the molecule is Cc1c(F)ccc2c(=O)[nH]ccc12. The first-order chi connectivity index (χ1) is 6.20. The Kier molecular flexibility index (Phi) is 1.65. The molecule has 0 radical (unpaired) electrons. The molecule has 3 heteroatoms. The molecule has 0 atom stereocenters. The Morgan fingerprint density at radius 2 is 2.00 bits per heavy atom. The lowest BCUT2D eigenvalue weighted by Crippen LogP contribution is -2.05. The predicted molar refractivity (Wildman–Crippen MR) is 49.3 cm³/mol.